The summed E-state index contributed by atoms with van der Waals surface area (Å²) in [6.07, 6.45) is 0.0388. The number of nitrogens with one attached hydrogen (secondary N) is 1. The van der Waals surface area contributed by atoms with Crippen LogP contribution in [0.4, 0.5) is 9.59 Å². The fourth-order valence-corrected chi connectivity index (χ4v) is 0.846. The number of carbonyl (C=O) groups excluding carboxylic acids is 2. The van der Waals surface area contributed by atoms with Crippen LogP contribution in [0.2, 0.25) is 0 Å². The van der Waals surface area contributed by atoms with Gasteiger partial charge in [0.1, 0.15) is 0 Å². The molecule has 0 spiro atoms. The van der Waals surface area contributed by atoms with Crippen molar-refractivity contribution < 1.29 is 19.1 Å². The van der Waals surface area contributed by atoms with Crippen molar-refractivity contribution in [2.24, 2.45) is 5.73 Å². The smallest absolute Gasteiger partial charge is 0.407 e. The zero-order valence-electron chi connectivity index (χ0n) is 9.12. The van der Waals surface area contributed by atoms with Gasteiger partial charge < -0.3 is 20.5 Å². The minimum Gasteiger partial charge on any atom is -0.450 e. The molecule has 2 amide bonds. The molecule has 0 aliphatic heterocycles. The molecule has 0 fully saturated rings. The van der Waals surface area contributed by atoms with E-state index in [1.807, 2.05) is 0 Å². The van der Waals surface area contributed by atoms with Crippen molar-refractivity contribution in [3.8, 4) is 0 Å². The molecule has 3 N–H and O–H groups in total. The third kappa shape index (κ3) is 10.5. The van der Waals surface area contributed by atoms with Gasteiger partial charge in [0, 0.05) is 6.54 Å². The lowest BCUT2D eigenvalue weighted by molar-refractivity contribution is 0.115. The lowest BCUT2D eigenvalue weighted by Crippen LogP contribution is -2.27. The van der Waals surface area contributed by atoms with Gasteiger partial charge in [0.15, 0.2) is 0 Å². The lowest BCUT2D eigenvalue weighted by atomic mass is 10.3. The first-order valence-corrected chi connectivity index (χ1v) is 4.89. The quantitative estimate of drug-likeness (QED) is 0.650. The summed E-state index contributed by atoms with van der Waals surface area (Å²) in [4.78, 5) is 21.1. The molecule has 0 aliphatic carbocycles. The van der Waals surface area contributed by atoms with Crippen molar-refractivity contribution in [3.05, 3.63) is 0 Å². The van der Waals surface area contributed by atoms with Crippen molar-refractivity contribution >= 4 is 12.2 Å². The van der Waals surface area contributed by atoms with Crippen molar-refractivity contribution in [1.82, 2.24) is 5.32 Å². The molecule has 0 unspecified atom stereocenters. The van der Waals surface area contributed by atoms with Gasteiger partial charge in [-0.2, -0.15) is 0 Å². The van der Waals surface area contributed by atoms with E-state index in [2.05, 4.69) is 10.1 Å². The summed E-state index contributed by atoms with van der Waals surface area (Å²) in [5.74, 6) is 0. The molecule has 0 radical (unpaired) electrons. The Kier molecular flexibility index (Phi) is 7.13. The summed E-state index contributed by atoms with van der Waals surface area (Å²) in [6.45, 7) is 4.32. The van der Waals surface area contributed by atoms with E-state index >= 15 is 0 Å². The first-order chi connectivity index (χ1) is 7.02. The van der Waals surface area contributed by atoms with E-state index < -0.39 is 12.2 Å². The van der Waals surface area contributed by atoms with Crippen LogP contribution in [-0.4, -0.2) is 31.4 Å². The SMILES string of the molecule is CC(C)OC(=O)NCCCCOC(N)=O. The molecule has 6 nitrogen and oxygen atoms in total. The summed E-state index contributed by atoms with van der Waals surface area (Å²) in [6, 6.07) is 0. The highest BCUT2D eigenvalue weighted by Crippen LogP contribution is 1.91. The van der Waals surface area contributed by atoms with Gasteiger partial charge in [-0.25, -0.2) is 9.59 Å². The number of amides is 2. The Hall–Kier alpha value is -1.46. The molecule has 0 aromatic heterocycles. The molecular weight excluding hydrogens is 200 g/mol. The third-order valence-corrected chi connectivity index (χ3v) is 1.43. The average Bonchev–Trinajstić information content (AvgIpc) is 2.09. The van der Waals surface area contributed by atoms with Gasteiger partial charge in [-0.1, -0.05) is 0 Å². The van der Waals surface area contributed by atoms with Crippen LogP contribution in [0.25, 0.3) is 0 Å². The van der Waals surface area contributed by atoms with Gasteiger partial charge in [-0.05, 0) is 26.7 Å². The number of hydrogen-bond acceptors (Lipinski definition) is 4. The summed E-state index contributed by atoms with van der Waals surface area (Å²) in [7, 11) is 0. The predicted octanol–water partition coefficient (Wildman–Crippen LogP) is 0.996. The summed E-state index contributed by atoms with van der Waals surface area (Å²) < 4.78 is 9.35. The number of hydrogen-bond donors (Lipinski definition) is 2. The molecular formula is C9H18N2O4. The first-order valence-electron chi connectivity index (χ1n) is 4.89. The maximum Gasteiger partial charge on any atom is 0.407 e. The summed E-state index contributed by atoms with van der Waals surface area (Å²) in [5.41, 5.74) is 4.76. The zero-order chi connectivity index (χ0) is 11.7. The highest BCUT2D eigenvalue weighted by molar-refractivity contribution is 5.67. The van der Waals surface area contributed by atoms with E-state index in [9.17, 15) is 9.59 Å². The maximum atomic E-state index is 11.0. The summed E-state index contributed by atoms with van der Waals surface area (Å²) in [5, 5.41) is 2.57. The van der Waals surface area contributed by atoms with Crippen molar-refractivity contribution in [2.45, 2.75) is 32.8 Å². The third-order valence-electron chi connectivity index (χ3n) is 1.43. The molecule has 0 aromatic carbocycles. The Morgan fingerprint density at radius 2 is 2.00 bits per heavy atom. The fraction of sp³-hybridized carbons (Fsp3) is 0.778. The minimum atomic E-state index is -0.776. The lowest BCUT2D eigenvalue weighted by Gasteiger charge is -2.09. The molecule has 0 atom stereocenters. The standard InChI is InChI=1S/C9H18N2O4/c1-7(2)15-9(13)11-5-3-4-6-14-8(10)12/h7H,3-6H2,1-2H3,(H2,10,12)(H,11,13). The van der Waals surface area contributed by atoms with Crippen LogP contribution in [0.3, 0.4) is 0 Å². The van der Waals surface area contributed by atoms with Gasteiger partial charge >= 0.3 is 12.2 Å². The van der Waals surface area contributed by atoms with Gasteiger partial charge in [0.05, 0.1) is 12.7 Å². The molecule has 15 heavy (non-hydrogen) atoms. The molecule has 0 heterocycles. The van der Waals surface area contributed by atoms with Crippen LogP contribution in [0.1, 0.15) is 26.7 Å². The second-order valence-electron chi connectivity index (χ2n) is 3.26. The number of ether oxygens (including phenoxy) is 2. The Bertz CT molecular complexity index is 206. The second kappa shape index (κ2) is 7.90. The second-order valence-corrected chi connectivity index (χ2v) is 3.26. The largest absolute Gasteiger partial charge is 0.450 e. The molecule has 0 aliphatic rings. The van der Waals surface area contributed by atoms with Crippen molar-refractivity contribution in [3.63, 3.8) is 0 Å². The van der Waals surface area contributed by atoms with Crippen LogP contribution >= 0.6 is 0 Å². The van der Waals surface area contributed by atoms with E-state index in [-0.39, 0.29) is 12.7 Å². The first kappa shape index (κ1) is 13.5. The number of nitrogens with two attached hydrogens (primary N) is 1. The predicted molar refractivity (Wildman–Crippen MR) is 54.4 cm³/mol. The van der Waals surface area contributed by atoms with E-state index in [4.69, 9.17) is 10.5 Å². The topological polar surface area (TPSA) is 90.7 Å². The number of unbranched alkanes of at least 4 members (excludes halogenated alkanes) is 1. The van der Waals surface area contributed by atoms with Crippen LogP contribution in [0.5, 0.6) is 0 Å². The van der Waals surface area contributed by atoms with E-state index in [1.165, 1.54) is 0 Å². The number of carbonyl (C=O) groups is 2. The fourth-order valence-electron chi connectivity index (χ4n) is 0.846. The number of primary amides is 1. The van der Waals surface area contributed by atoms with Gasteiger partial charge in [0.25, 0.3) is 0 Å². The van der Waals surface area contributed by atoms with E-state index in [1.54, 1.807) is 13.8 Å². The van der Waals surface area contributed by atoms with Crippen LogP contribution < -0.4 is 11.1 Å². The van der Waals surface area contributed by atoms with Crippen LogP contribution in [0.15, 0.2) is 0 Å². The Morgan fingerprint density at radius 3 is 2.53 bits per heavy atom. The average molecular weight is 218 g/mol. The molecule has 0 bridgehead atoms. The van der Waals surface area contributed by atoms with Gasteiger partial charge in [-0.15, -0.1) is 0 Å². The van der Waals surface area contributed by atoms with Crippen molar-refractivity contribution in [2.75, 3.05) is 13.2 Å². The Morgan fingerprint density at radius 1 is 1.33 bits per heavy atom. The van der Waals surface area contributed by atoms with Gasteiger partial charge in [-0.3, -0.25) is 0 Å². The Balaban J connectivity index is 3.24. The minimum absolute atomic E-state index is 0.122. The van der Waals surface area contributed by atoms with Crippen LogP contribution in [-0.2, 0) is 9.47 Å². The maximum absolute atomic E-state index is 11.0. The zero-order valence-corrected chi connectivity index (χ0v) is 9.12. The normalized spacial score (nSPS) is 9.80. The van der Waals surface area contributed by atoms with Gasteiger partial charge in [0.2, 0.25) is 0 Å². The monoisotopic (exact) mass is 218 g/mol. The van der Waals surface area contributed by atoms with Crippen LogP contribution in [0, 0.1) is 0 Å². The molecule has 6 heteroatoms. The molecule has 88 valence electrons. The Labute approximate surface area is 89.1 Å². The molecule has 0 saturated carbocycles. The molecule has 0 saturated heterocycles. The molecule has 0 aromatic rings. The highest BCUT2D eigenvalue weighted by atomic mass is 16.6. The highest BCUT2D eigenvalue weighted by Gasteiger charge is 2.02. The van der Waals surface area contributed by atoms with Crippen molar-refractivity contribution in [1.29, 1.82) is 0 Å². The number of alkyl carbamates (subject to hydrolysis) is 1. The van der Waals surface area contributed by atoms with E-state index in [0.717, 1.165) is 0 Å². The summed E-state index contributed by atoms with van der Waals surface area (Å²) >= 11 is 0. The van der Waals surface area contributed by atoms with E-state index in [0.29, 0.717) is 19.4 Å². The molecule has 0 rings (SSSR count). The number of rotatable bonds is 6.